The van der Waals surface area contributed by atoms with E-state index in [-0.39, 0.29) is 17.0 Å². The highest BCUT2D eigenvalue weighted by Gasteiger charge is 2.47. The van der Waals surface area contributed by atoms with Gasteiger partial charge < -0.3 is 9.47 Å². The van der Waals surface area contributed by atoms with Crippen LogP contribution in [0.3, 0.4) is 0 Å². The van der Waals surface area contributed by atoms with Gasteiger partial charge in [0, 0.05) is 0 Å². The Hall–Kier alpha value is -0.830. The molecule has 0 aliphatic heterocycles. The molecule has 1 fully saturated rings. The number of rotatable bonds is 4. The monoisotopic (exact) mass is 238 g/mol. The number of hydrogen-bond acceptors (Lipinski definition) is 3. The van der Waals surface area contributed by atoms with E-state index in [0.717, 1.165) is 19.3 Å². The van der Waals surface area contributed by atoms with Gasteiger partial charge in [-0.2, -0.15) is 0 Å². The van der Waals surface area contributed by atoms with E-state index >= 15 is 0 Å². The van der Waals surface area contributed by atoms with Crippen molar-refractivity contribution >= 4 is 5.97 Å². The van der Waals surface area contributed by atoms with Gasteiger partial charge in [-0.05, 0) is 46.0 Å². The number of ether oxygens (including phenoxy) is 2. The summed E-state index contributed by atoms with van der Waals surface area (Å²) in [6, 6.07) is 0. The molecule has 0 aromatic heterocycles. The third-order valence-corrected chi connectivity index (χ3v) is 3.53. The standard InChI is InChI=1S/C14H22O3/c1-13(2,3)17-9-8-16-12(15)14-6-4-11(10-14)5-7-14/h4,6,11H,5,7-10H2,1-3H3. The molecule has 0 heterocycles. The molecule has 2 rings (SSSR count). The Balaban J connectivity index is 1.73. The van der Waals surface area contributed by atoms with Crippen molar-refractivity contribution < 1.29 is 14.3 Å². The van der Waals surface area contributed by atoms with Gasteiger partial charge in [0.05, 0.1) is 17.6 Å². The number of esters is 1. The lowest BCUT2D eigenvalue weighted by molar-refractivity contribution is -0.155. The minimum absolute atomic E-state index is 0.0636. The summed E-state index contributed by atoms with van der Waals surface area (Å²) in [4.78, 5) is 12.0. The maximum absolute atomic E-state index is 12.0. The van der Waals surface area contributed by atoms with Crippen LogP contribution in [0.4, 0.5) is 0 Å². The molecule has 0 spiro atoms. The second-order valence-corrected chi connectivity index (χ2v) is 6.11. The van der Waals surface area contributed by atoms with E-state index < -0.39 is 0 Å². The van der Waals surface area contributed by atoms with Gasteiger partial charge >= 0.3 is 5.97 Å². The Kier molecular flexibility index (Phi) is 3.30. The molecular formula is C14H22O3. The van der Waals surface area contributed by atoms with Gasteiger partial charge in [-0.3, -0.25) is 4.79 Å². The summed E-state index contributed by atoms with van der Waals surface area (Å²) in [7, 11) is 0. The fourth-order valence-electron chi connectivity index (χ4n) is 2.63. The van der Waals surface area contributed by atoms with Crippen molar-refractivity contribution in [3.8, 4) is 0 Å². The smallest absolute Gasteiger partial charge is 0.316 e. The van der Waals surface area contributed by atoms with Gasteiger partial charge in [-0.25, -0.2) is 0 Å². The first kappa shape index (κ1) is 12.6. The van der Waals surface area contributed by atoms with E-state index in [4.69, 9.17) is 9.47 Å². The molecule has 0 N–H and O–H groups in total. The van der Waals surface area contributed by atoms with Crippen LogP contribution in [0.15, 0.2) is 12.2 Å². The first-order valence-electron chi connectivity index (χ1n) is 6.42. The quantitative estimate of drug-likeness (QED) is 0.429. The van der Waals surface area contributed by atoms with Crippen LogP contribution in [0.25, 0.3) is 0 Å². The molecule has 0 aromatic rings. The predicted octanol–water partition coefficient (Wildman–Crippen LogP) is 2.70. The van der Waals surface area contributed by atoms with Gasteiger partial charge in [0.1, 0.15) is 6.61 Å². The molecule has 1 saturated carbocycles. The molecule has 2 unspecified atom stereocenters. The second-order valence-electron chi connectivity index (χ2n) is 6.11. The summed E-state index contributed by atoms with van der Waals surface area (Å²) in [6.07, 6.45) is 7.24. The first-order valence-corrected chi connectivity index (χ1v) is 6.42. The summed E-state index contributed by atoms with van der Waals surface area (Å²) in [5.74, 6) is 0.541. The Bertz CT molecular complexity index is 327. The fraction of sp³-hybridized carbons (Fsp3) is 0.786. The molecule has 0 saturated heterocycles. The fourth-order valence-corrected chi connectivity index (χ4v) is 2.63. The highest BCUT2D eigenvalue weighted by atomic mass is 16.6. The maximum Gasteiger partial charge on any atom is 0.316 e. The number of carbonyl (C=O) groups excluding carboxylic acids is 1. The molecule has 2 bridgehead atoms. The second kappa shape index (κ2) is 4.45. The normalized spacial score (nSPS) is 30.9. The van der Waals surface area contributed by atoms with E-state index in [0.29, 0.717) is 19.1 Å². The van der Waals surface area contributed by atoms with Gasteiger partial charge in [-0.1, -0.05) is 12.2 Å². The molecule has 0 radical (unpaired) electrons. The van der Waals surface area contributed by atoms with Gasteiger partial charge in [0.15, 0.2) is 0 Å². The topological polar surface area (TPSA) is 35.5 Å². The van der Waals surface area contributed by atoms with Crippen LogP contribution in [-0.2, 0) is 14.3 Å². The van der Waals surface area contributed by atoms with Crippen molar-refractivity contribution in [3.63, 3.8) is 0 Å². The SMILES string of the molecule is CC(C)(C)OCCOC(=O)C12C=CC(CC1)C2. The molecule has 2 atom stereocenters. The van der Waals surface area contributed by atoms with Crippen molar-refractivity contribution in [1.82, 2.24) is 0 Å². The Morgan fingerprint density at radius 2 is 2.18 bits per heavy atom. The predicted molar refractivity (Wildman–Crippen MR) is 65.6 cm³/mol. The lowest BCUT2D eigenvalue weighted by atomic mass is 9.88. The van der Waals surface area contributed by atoms with Crippen molar-refractivity contribution in [1.29, 1.82) is 0 Å². The number of carbonyl (C=O) groups is 1. The minimum atomic E-state index is -0.299. The average Bonchev–Trinajstić information content (AvgIpc) is 2.83. The molecule has 17 heavy (non-hydrogen) atoms. The molecule has 3 heteroatoms. The lowest BCUT2D eigenvalue weighted by Crippen LogP contribution is -2.29. The number of hydrogen-bond donors (Lipinski definition) is 0. The summed E-state index contributed by atoms with van der Waals surface area (Å²) >= 11 is 0. The van der Waals surface area contributed by atoms with Crippen LogP contribution in [0.2, 0.25) is 0 Å². The lowest BCUT2D eigenvalue weighted by Gasteiger charge is -2.23. The third kappa shape index (κ3) is 2.89. The third-order valence-electron chi connectivity index (χ3n) is 3.53. The summed E-state index contributed by atoms with van der Waals surface area (Å²) in [5, 5.41) is 0. The minimum Gasteiger partial charge on any atom is -0.463 e. The van der Waals surface area contributed by atoms with Crippen LogP contribution < -0.4 is 0 Å². The van der Waals surface area contributed by atoms with Crippen molar-refractivity contribution in [3.05, 3.63) is 12.2 Å². The molecule has 0 aromatic carbocycles. The molecule has 2 aliphatic carbocycles. The van der Waals surface area contributed by atoms with Gasteiger partial charge in [0.25, 0.3) is 0 Å². The Labute approximate surface area is 103 Å². The van der Waals surface area contributed by atoms with E-state index in [2.05, 4.69) is 6.08 Å². The molecular weight excluding hydrogens is 216 g/mol. The molecule has 0 amide bonds. The summed E-state index contributed by atoms with van der Waals surface area (Å²) in [5.41, 5.74) is -0.469. The van der Waals surface area contributed by atoms with Crippen LogP contribution in [-0.4, -0.2) is 24.8 Å². The number of fused-ring (bicyclic) bond motifs is 2. The summed E-state index contributed by atoms with van der Waals surface area (Å²) < 4.78 is 10.9. The van der Waals surface area contributed by atoms with Crippen molar-refractivity contribution in [2.75, 3.05) is 13.2 Å². The largest absolute Gasteiger partial charge is 0.463 e. The van der Waals surface area contributed by atoms with Crippen molar-refractivity contribution in [2.45, 2.75) is 45.6 Å². The molecule has 2 aliphatic rings. The van der Waals surface area contributed by atoms with E-state index in [1.807, 2.05) is 26.8 Å². The highest BCUT2D eigenvalue weighted by Crippen LogP contribution is 2.49. The zero-order valence-electron chi connectivity index (χ0n) is 11.0. The van der Waals surface area contributed by atoms with Crippen LogP contribution in [0, 0.1) is 11.3 Å². The highest BCUT2D eigenvalue weighted by molar-refractivity contribution is 5.80. The molecule has 96 valence electrons. The Morgan fingerprint density at radius 3 is 2.65 bits per heavy atom. The summed E-state index contributed by atoms with van der Waals surface area (Å²) in [6.45, 7) is 6.81. The van der Waals surface area contributed by atoms with E-state index in [1.54, 1.807) is 0 Å². The van der Waals surface area contributed by atoms with Gasteiger partial charge in [0.2, 0.25) is 0 Å². The van der Waals surface area contributed by atoms with Crippen LogP contribution in [0.5, 0.6) is 0 Å². The van der Waals surface area contributed by atoms with Crippen molar-refractivity contribution in [2.24, 2.45) is 11.3 Å². The maximum atomic E-state index is 12.0. The van der Waals surface area contributed by atoms with Gasteiger partial charge in [-0.15, -0.1) is 0 Å². The zero-order chi connectivity index (χ0) is 12.5. The Morgan fingerprint density at radius 1 is 1.41 bits per heavy atom. The zero-order valence-corrected chi connectivity index (χ0v) is 11.0. The first-order chi connectivity index (χ1) is 7.91. The van der Waals surface area contributed by atoms with Crippen LogP contribution >= 0.6 is 0 Å². The van der Waals surface area contributed by atoms with E-state index in [1.165, 1.54) is 0 Å². The van der Waals surface area contributed by atoms with E-state index in [9.17, 15) is 4.79 Å². The van der Waals surface area contributed by atoms with Crippen LogP contribution in [0.1, 0.15) is 40.0 Å². The average molecular weight is 238 g/mol. The number of allylic oxidation sites excluding steroid dienone is 1. The molecule has 3 nitrogen and oxygen atoms in total.